The number of aromatic amines is 1. The lowest BCUT2D eigenvalue weighted by Crippen LogP contribution is -2.06. The number of aromatic nitrogens is 10. The van der Waals surface area contributed by atoms with Crippen LogP contribution >= 0.6 is 50.2 Å². The van der Waals surface area contributed by atoms with E-state index in [0.29, 0.717) is 29.2 Å². The van der Waals surface area contributed by atoms with Crippen LogP contribution in [0.4, 0.5) is 0 Å². The van der Waals surface area contributed by atoms with Crippen molar-refractivity contribution >= 4 is 178 Å². The summed E-state index contributed by atoms with van der Waals surface area (Å²) in [6, 6.07) is 107. The first-order valence-electron chi connectivity index (χ1n) is 49.7. The highest BCUT2D eigenvalue weighted by Gasteiger charge is 2.27. The van der Waals surface area contributed by atoms with Gasteiger partial charge in [0.2, 0.25) is 11.2 Å². The summed E-state index contributed by atoms with van der Waals surface area (Å²) in [4.78, 5) is 32.5. The molecule has 14 heteroatoms. The molecule has 0 radical (unpaired) electrons. The van der Waals surface area contributed by atoms with Crippen LogP contribution in [0.2, 0.25) is 5.28 Å². The van der Waals surface area contributed by atoms with Crippen LogP contribution < -0.4 is 0 Å². The van der Waals surface area contributed by atoms with Gasteiger partial charge in [0.05, 0.1) is 53.7 Å². The lowest BCUT2D eigenvalue weighted by molar-refractivity contribution is 0.955. The molecule has 0 atom stereocenters. The minimum atomic E-state index is -0.426. The van der Waals surface area contributed by atoms with Crippen molar-refractivity contribution in [3.8, 4) is 85.1 Å². The molecule has 0 bridgehead atoms. The SMILES string of the molecule is Clc1nc(-c2ccccc2)nc(-c2cccc3c2sc2ccccc23)n1.[2H]c1c([2H])c([2H])c(-n2c3ccccc3c3cc4c(cc32)-c2ccccc2C4)c([2H])c1[2H].[2H]c1c([2H])c([2H])c(-n2c3ccccc3c3cc4c(cc32)c2ccccc2n4-c2nc(-c3ccccc3)nc(-c3cccc4c3sc3ccccc34)n2)c([2H])c1[2H].[2H]c1c([2H])c([2H])c(Br)c([2H])c1[2H].c1ccc2c(c1)Cc1cc3c(cc1-2)[nH]c1ccccc13. The first-order chi connectivity index (χ1) is 70.5. The fourth-order valence-corrected chi connectivity index (χ4v) is 21.3. The molecule has 0 spiro atoms. The summed E-state index contributed by atoms with van der Waals surface area (Å²) >= 11 is 12.6. The minimum Gasteiger partial charge on any atom is -0.354 e. The number of para-hydroxylation sites is 6. The highest BCUT2D eigenvalue weighted by molar-refractivity contribution is 9.10. The number of H-pyrrole nitrogens is 1. The van der Waals surface area contributed by atoms with Crippen LogP contribution in [-0.4, -0.2) is 48.6 Å². The Kier molecular flexibility index (Phi) is 16.1. The van der Waals surface area contributed by atoms with Crippen LogP contribution in [0, 0.1) is 0 Å². The zero-order valence-corrected chi connectivity index (χ0v) is 72.7. The van der Waals surface area contributed by atoms with Crippen LogP contribution in [0.5, 0.6) is 0 Å². The Labute approximate surface area is 789 Å². The summed E-state index contributed by atoms with van der Waals surface area (Å²) in [5.74, 6) is 2.76. The zero-order chi connectivity index (χ0) is 99.3. The van der Waals surface area contributed by atoms with Crippen molar-refractivity contribution in [3.63, 3.8) is 0 Å². The Morgan fingerprint density at radius 1 is 0.277 bits per heavy atom. The molecule has 0 saturated heterocycles. The second-order valence-electron chi connectivity index (χ2n) is 31.6. The summed E-state index contributed by atoms with van der Waals surface area (Å²) in [7, 11) is 0. The van der Waals surface area contributed by atoms with E-state index in [1.807, 2.05) is 150 Å². The predicted octanol–water partition coefficient (Wildman–Crippen LogP) is 31.7. The molecular weight excluding hydrogens is 1710 g/mol. The molecule has 26 aromatic rings. The normalized spacial score (nSPS) is 13.5. The van der Waals surface area contributed by atoms with E-state index in [1.165, 1.54) is 86.3 Å². The van der Waals surface area contributed by atoms with Gasteiger partial charge < -0.3 is 14.1 Å². The molecule has 0 amide bonds. The van der Waals surface area contributed by atoms with E-state index in [-0.39, 0.29) is 106 Å². The van der Waals surface area contributed by atoms with Gasteiger partial charge in [-0.25, -0.2) is 9.97 Å². The maximum atomic E-state index is 8.92. The third-order valence-corrected chi connectivity index (χ3v) is 27.2. The number of nitrogens with one attached hydrogen (secondary N) is 1. The van der Waals surface area contributed by atoms with Crippen molar-refractivity contribution in [2.75, 3.05) is 0 Å². The molecule has 18 aromatic carbocycles. The molecular formula is C116H74BrClN10S2. The molecule has 614 valence electrons. The molecule has 2 aliphatic carbocycles. The number of rotatable bonds is 7. The molecule has 130 heavy (non-hydrogen) atoms. The average Bonchev–Trinajstić information content (AvgIpc) is 1.56. The predicted molar refractivity (Wildman–Crippen MR) is 548 cm³/mol. The standard InChI is InChI=1S/C45H27N5S.C25H17N.C21H12ClN3S.C19H13N.C6H5Br/c1-3-14-28(15-4-1)43-46-44(34-22-13-21-33-32-20-9-12-25-41(32)51-42(33)34)48-45(47-43)50-38-24-11-8-19-31(38)36-26-39-35(27-40(36)50)30-18-7-10-23-37(30)49(39)29-16-5-2-6-17-29;1-2-9-19(10-3-1)26-24-13-7-6-12-21(24)23-15-18-14-17-8-4-5-11-20(17)22(18)16-25(23)26;22-21-24-19(13-7-2-1-3-8-13)23-20(25-21)16-11-6-10-15-14-9-4-5-12-17(14)26-18(15)16;1-2-6-14-12(5-1)9-13-10-17-15-7-3-4-8-18(15)20-19(17)11-16(13)14;7-6-4-2-1-3-5-6/h1-27H;1-13,15-16H,14H2;1-12H;1-8,10-11,20H,9H2;1-5H/i2D,5D,6D,16D,17D;1D,2D,3D,9D,10D;;;1D,2D,3D,4D,5D. The van der Waals surface area contributed by atoms with Gasteiger partial charge in [-0.05, 0) is 190 Å². The smallest absolute Gasteiger partial charge is 0.238 e. The molecule has 8 aromatic heterocycles. The van der Waals surface area contributed by atoms with Crippen LogP contribution in [-0.2, 0) is 12.8 Å². The second kappa shape index (κ2) is 33.0. The van der Waals surface area contributed by atoms with E-state index in [1.54, 1.807) is 27.2 Å². The maximum Gasteiger partial charge on any atom is 0.238 e. The fraction of sp³-hybridized carbons (Fsp3) is 0.0172. The summed E-state index contributed by atoms with van der Waals surface area (Å²) in [5, 5.41) is 13.3. The Balaban J connectivity index is 0.000000107. The Morgan fingerprint density at radius 3 is 1.21 bits per heavy atom. The monoisotopic (exact) mass is 1800 g/mol. The molecule has 0 aliphatic heterocycles. The number of hydrogen-bond donors (Lipinski definition) is 1. The van der Waals surface area contributed by atoms with Gasteiger partial charge in [-0.1, -0.05) is 313 Å². The van der Waals surface area contributed by atoms with Gasteiger partial charge >= 0.3 is 0 Å². The van der Waals surface area contributed by atoms with Gasteiger partial charge in [-0.15, -0.1) is 22.7 Å². The minimum absolute atomic E-state index is 0.105. The Bertz CT molecular complexity index is 9780. The van der Waals surface area contributed by atoms with Gasteiger partial charge in [-0.2, -0.15) is 19.9 Å². The Hall–Kier alpha value is -15.6. The highest BCUT2D eigenvalue weighted by atomic mass is 79.9. The van der Waals surface area contributed by atoms with Gasteiger partial charge in [0.15, 0.2) is 23.3 Å². The van der Waals surface area contributed by atoms with Gasteiger partial charge in [0, 0.05) is 133 Å². The highest BCUT2D eigenvalue weighted by Crippen LogP contribution is 2.47. The number of nitrogens with zero attached hydrogens (tertiary/aromatic N) is 9. The Morgan fingerprint density at radius 2 is 0.662 bits per heavy atom. The molecule has 8 heterocycles. The largest absolute Gasteiger partial charge is 0.354 e. The van der Waals surface area contributed by atoms with E-state index in [4.69, 9.17) is 52.1 Å². The van der Waals surface area contributed by atoms with Crippen molar-refractivity contribution in [1.82, 2.24) is 48.6 Å². The lowest BCUT2D eigenvalue weighted by atomic mass is 10.0. The first kappa shape index (κ1) is 63.3. The maximum absolute atomic E-state index is 8.92. The van der Waals surface area contributed by atoms with Crippen molar-refractivity contribution < 1.29 is 20.6 Å². The second-order valence-corrected chi connectivity index (χ2v) is 34.8. The molecule has 0 unspecified atom stereocenters. The first-order valence-corrected chi connectivity index (χ1v) is 45.0. The summed E-state index contributed by atoms with van der Waals surface area (Å²) < 4.78 is 131. The number of hydrogen-bond acceptors (Lipinski definition) is 8. The average molecular weight is 1800 g/mol. The molecule has 2 aliphatic rings. The van der Waals surface area contributed by atoms with Crippen LogP contribution in [0.3, 0.4) is 0 Å². The van der Waals surface area contributed by atoms with Gasteiger partial charge in [-0.3, -0.25) is 4.57 Å². The molecule has 0 saturated carbocycles. The van der Waals surface area contributed by atoms with E-state index < -0.39 is 6.04 Å². The zero-order valence-electron chi connectivity index (χ0n) is 83.7. The fourth-order valence-electron chi connectivity index (χ4n) is 18.5. The van der Waals surface area contributed by atoms with Gasteiger partial charge in [0.1, 0.15) is 0 Å². The van der Waals surface area contributed by atoms with Crippen LogP contribution in [0.1, 0.15) is 42.8 Å². The molecule has 1 N–H and O–H groups in total. The summed E-state index contributed by atoms with van der Waals surface area (Å²) in [5.41, 5.74) is 21.8. The number of benzene rings is 18. The summed E-state index contributed by atoms with van der Waals surface area (Å²) in [6.07, 6.45) is 1.93. The third kappa shape index (κ3) is 13.9. The van der Waals surface area contributed by atoms with Crippen LogP contribution in [0.15, 0.2) is 423 Å². The van der Waals surface area contributed by atoms with E-state index in [9.17, 15) is 0 Å². The summed E-state index contributed by atoms with van der Waals surface area (Å²) in [6.45, 7) is 0. The number of thiophene rings is 2. The topological polar surface area (TPSA) is 108 Å². The van der Waals surface area contributed by atoms with Crippen molar-refractivity contribution in [2.45, 2.75) is 12.8 Å². The van der Waals surface area contributed by atoms with Crippen molar-refractivity contribution in [1.29, 1.82) is 0 Å². The molecule has 0 fully saturated rings. The third-order valence-electron chi connectivity index (χ3n) is 24.1. The van der Waals surface area contributed by atoms with Crippen molar-refractivity contribution in [2.24, 2.45) is 0 Å². The van der Waals surface area contributed by atoms with E-state index >= 15 is 0 Å². The molecule has 10 nitrogen and oxygen atoms in total. The van der Waals surface area contributed by atoms with Gasteiger partial charge in [0.25, 0.3) is 0 Å². The van der Waals surface area contributed by atoms with E-state index in [0.717, 1.165) is 121 Å². The van der Waals surface area contributed by atoms with E-state index in [2.05, 4.69) is 217 Å². The van der Waals surface area contributed by atoms with Crippen LogP contribution in [0.25, 0.3) is 213 Å². The quantitative estimate of drug-likeness (QED) is 0.170. The van der Waals surface area contributed by atoms with Crippen molar-refractivity contribution in [3.05, 3.63) is 450 Å². The molecule has 28 rings (SSSR count). The number of halogens is 2. The number of fused-ring (bicyclic) bond motifs is 24. The lowest BCUT2D eigenvalue weighted by Gasteiger charge is -2.11.